The smallest absolute Gasteiger partial charge is 0.270 e. The Morgan fingerprint density at radius 2 is 2.00 bits per heavy atom. The number of methoxy groups -OCH3 is 1. The standard InChI is InChI=1S/C21H16Cl2N2O3S/c1-3-5-13-10-12(8-9-17(13)28-2)11-14-19(26)24-21(29)25(20(14)27)16-7-4-6-15(22)18(16)23/h3-4,6-11H,1,5H2,2H3,(H,24,26,29)/b14-11+. The molecule has 2 aromatic rings. The van der Waals surface area contributed by atoms with Gasteiger partial charge in [0.05, 0.1) is 22.8 Å². The van der Waals surface area contributed by atoms with Crippen molar-refractivity contribution in [3.63, 3.8) is 0 Å². The minimum atomic E-state index is -0.594. The molecular weight excluding hydrogens is 431 g/mol. The summed E-state index contributed by atoms with van der Waals surface area (Å²) in [5, 5.41) is 2.89. The van der Waals surface area contributed by atoms with E-state index in [9.17, 15) is 9.59 Å². The lowest BCUT2D eigenvalue weighted by molar-refractivity contribution is -0.122. The fraction of sp³-hybridized carbons (Fsp3) is 0.0952. The number of nitrogens with one attached hydrogen (secondary N) is 1. The van der Waals surface area contributed by atoms with Gasteiger partial charge in [0.15, 0.2) is 5.11 Å². The second-order valence-corrected chi connectivity index (χ2v) is 7.27. The zero-order valence-corrected chi connectivity index (χ0v) is 17.7. The molecule has 1 fully saturated rings. The quantitative estimate of drug-likeness (QED) is 0.316. The van der Waals surface area contributed by atoms with Crippen LogP contribution in [0.4, 0.5) is 5.69 Å². The van der Waals surface area contributed by atoms with Crippen LogP contribution in [0.1, 0.15) is 11.1 Å². The molecule has 0 saturated carbocycles. The number of hydrogen-bond acceptors (Lipinski definition) is 4. The SMILES string of the molecule is C=CCc1cc(/C=C2\C(=O)NC(=S)N(c3cccc(Cl)c3Cl)C2=O)ccc1OC. The Hall–Kier alpha value is -2.67. The Bertz CT molecular complexity index is 1070. The van der Waals surface area contributed by atoms with Gasteiger partial charge in [-0.25, -0.2) is 0 Å². The molecule has 0 unspecified atom stereocenters. The number of amides is 2. The van der Waals surface area contributed by atoms with Crippen LogP contribution >= 0.6 is 35.4 Å². The average Bonchev–Trinajstić information content (AvgIpc) is 2.69. The van der Waals surface area contributed by atoms with E-state index in [-0.39, 0.29) is 20.7 Å². The third kappa shape index (κ3) is 4.19. The maximum atomic E-state index is 13.1. The van der Waals surface area contributed by atoms with Gasteiger partial charge >= 0.3 is 0 Å². The van der Waals surface area contributed by atoms with Gasteiger partial charge in [-0.3, -0.25) is 19.8 Å². The third-order valence-corrected chi connectivity index (χ3v) is 5.35. The monoisotopic (exact) mass is 446 g/mol. The minimum Gasteiger partial charge on any atom is -0.496 e. The van der Waals surface area contributed by atoms with E-state index < -0.39 is 11.8 Å². The Morgan fingerprint density at radius 3 is 2.69 bits per heavy atom. The highest BCUT2D eigenvalue weighted by molar-refractivity contribution is 7.80. The molecule has 0 aromatic heterocycles. The number of carbonyl (C=O) groups is 2. The summed E-state index contributed by atoms with van der Waals surface area (Å²) in [7, 11) is 1.58. The van der Waals surface area contributed by atoms with E-state index in [1.54, 1.807) is 43.5 Å². The van der Waals surface area contributed by atoms with E-state index in [2.05, 4.69) is 11.9 Å². The van der Waals surface area contributed by atoms with Crippen LogP contribution in [-0.4, -0.2) is 24.0 Å². The van der Waals surface area contributed by atoms with E-state index in [1.165, 1.54) is 6.08 Å². The Labute approximate surface area is 183 Å². The lowest BCUT2D eigenvalue weighted by atomic mass is 10.0. The van der Waals surface area contributed by atoms with E-state index in [0.29, 0.717) is 23.4 Å². The van der Waals surface area contributed by atoms with Crippen LogP contribution in [-0.2, 0) is 16.0 Å². The molecule has 8 heteroatoms. The van der Waals surface area contributed by atoms with Crippen LogP contribution in [0.25, 0.3) is 6.08 Å². The van der Waals surface area contributed by atoms with Crippen molar-refractivity contribution in [3.8, 4) is 5.75 Å². The van der Waals surface area contributed by atoms with E-state index in [1.807, 2.05) is 6.07 Å². The predicted molar refractivity (Wildman–Crippen MR) is 120 cm³/mol. The van der Waals surface area contributed by atoms with E-state index in [0.717, 1.165) is 10.5 Å². The third-order valence-electron chi connectivity index (χ3n) is 4.25. The number of hydrogen-bond donors (Lipinski definition) is 1. The number of carbonyl (C=O) groups excluding carboxylic acids is 2. The number of rotatable bonds is 5. The van der Waals surface area contributed by atoms with Crippen LogP contribution in [0.2, 0.25) is 10.0 Å². The molecule has 148 valence electrons. The number of ether oxygens (including phenoxy) is 1. The molecule has 29 heavy (non-hydrogen) atoms. The molecule has 0 radical (unpaired) electrons. The second kappa shape index (κ2) is 8.78. The first kappa shape index (κ1) is 21.0. The highest BCUT2D eigenvalue weighted by Gasteiger charge is 2.35. The van der Waals surface area contributed by atoms with Gasteiger partial charge in [0.25, 0.3) is 11.8 Å². The lowest BCUT2D eigenvalue weighted by Gasteiger charge is -2.29. The van der Waals surface area contributed by atoms with Crippen LogP contribution in [0.5, 0.6) is 5.75 Å². The molecular formula is C21H16Cl2N2O3S. The zero-order valence-electron chi connectivity index (χ0n) is 15.4. The molecule has 0 aliphatic carbocycles. The summed E-state index contributed by atoms with van der Waals surface area (Å²) in [5.74, 6) is -0.487. The zero-order chi connectivity index (χ0) is 21.1. The second-order valence-electron chi connectivity index (χ2n) is 6.09. The lowest BCUT2D eigenvalue weighted by Crippen LogP contribution is -2.54. The Morgan fingerprint density at radius 1 is 1.24 bits per heavy atom. The largest absolute Gasteiger partial charge is 0.496 e. The van der Waals surface area contributed by atoms with Crippen molar-refractivity contribution in [2.75, 3.05) is 12.0 Å². The fourth-order valence-corrected chi connectivity index (χ4v) is 3.57. The number of anilines is 1. The van der Waals surface area contributed by atoms with Crippen molar-refractivity contribution in [1.29, 1.82) is 0 Å². The summed E-state index contributed by atoms with van der Waals surface area (Å²) in [6.07, 6.45) is 3.82. The molecule has 2 amide bonds. The van der Waals surface area contributed by atoms with Crippen molar-refractivity contribution in [2.24, 2.45) is 0 Å². The van der Waals surface area contributed by atoms with Gasteiger partial charge in [-0.05, 0) is 60.1 Å². The maximum Gasteiger partial charge on any atom is 0.270 e. The first-order valence-electron chi connectivity index (χ1n) is 8.50. The summed E-state index contributed by atoms with van der Waals surface area (Å²) < 4.78 is 5.33. The molecule has 1 aliphatic rings. The Balaban J connectivity index is 2.05. The van der Waals surface area contributed by atoms with Crippen LogP contribution in [0.15, 0.2) is 54.6 Å². The summed E-state index contributed by atoms with van der Waals surface area (Å²) in [4.78, 5) is 26.7. The molecule has 0 spiro atoms. The summed E-state index contributed by atoms with van der Waals surface area (Å²) >= 11 is 17.5. The number of halogens is 2. The highest BCUT2D eigenvalue weighted by Crippen LogP contribution is 2.34. The number of thiocarbonyl (C=S) groups is 1. The first-order valence-corrected chi connectivity index (χ1v) is 9.67. The first-order chi connectivity index (χ1) is 13.9. The van der Waals surface area contributed by atoms with Gasteiger partial charge in [-0.1, -0.05) is 41.4 Å². The summed E-state index contributed by atoms with van der Waals surface area (Å²) in [5.41, 5.74) is 1.75. The molecule has 2 aromatic carbocycles. The van der Waals surface area contributed by atoms with Crippen LogP contribution in [0, 0.1) is 0 Å². The molecule has 5 nitrogen and oxygen atoms in total. The van der Waals surface area contributed by atoms with Gasteiger partial charge in [-0.2, -0.15) is 0 Å². The predicted octanol–water partition coefficient (Wildman–Crippen LogP) is 4.56. The number of nitrogens with zero attached hydrogens (tertiary/aromatic N) is 1. The van der Waals surface area contributed by atoms with Gasteiger partial charge in [0, 0.05) is 0 Å². The summed E-state index contributed by atoms with van der Waals surface area (Å²) in [6.45, 7) is 3.73. The molecule has 3 rings (SSSR count). The van der Waals surface area contributed by atoms with Crippen LogP contribution < -0.4 is 15.0 Å². The average molecular weight is 447 g/mol. The Kier molecular flexibility index (Phi) is 6.37. The highest BCUT2D eigenvalue weighted by atomic mass is 35.5. The maximum absolute atomic E-state index is 13.1. The molecule has 1 aliphatic heterocycles. The molecule has 0 bridgehead atoms. The molecule has 1 heterocycles. The van der Waals surface area contributed by atoms with Crippen molar-refractivity contribution >= 4 is 64.1 Å². The topological polar surface area (TPSA) is 58.6 Å². The van der Waals surface area contributed by atoms with Crippen molar-refractivity contribution in [3.05, 3.63) is 75.8 Å². The van der Waals surface area contributed by atoms with Gasteiger partial charge in [0.1, 0.15) is 11.3 Å². The van der Waals surface area contributed by atoms with Gasteiger partial charge in [-0.15, -0.1) is 6.58 Å². The van der Waals surface area contributed by atoms with E-state index in [4.69, 9.17) is 40.2 Å². The summed E-state index contributed by atoms with van der Waals surface area (Å²) in [6, 6.07) is 10.2. The van der Waals surface area contributed by atoms with E-state index >= 15 is 0 Å². The number of allylic oxidation sites excluding steroid dienone is 1. The molecule has 1 saturated heterocycles. The molecule has 0 atom stereocenters. The molecule has 1 N–H and O–H groups in total. The van der Waals surface area contributed by atoms with Crippen molar-refractivity contribution < 1.29 is 14.3 Å². The minimum absolute atomic E-state index is 0.0663. The number of benzene rings is 2. The van der Waals surface area contributed by atoms with Crippen molar-refractivity contribution in [1.82, 2.24) is 5.32 Å². The van der Waals surface area contributed by atoms with Gasteiger partial charge < -0.3 is 4.74 Å². The van der Waals surface area contributed by atoms with Crippen LogP contribution in [0.3, 0.4) is 0 Å². The van der Waals surface area contributed by atoms with Gasteiger partial charge in [0.2, 0.25) is 0 Å². The fourth-order valence-electron chi connectivity index (χ4n) is 2.91. The normalized spacial score (nSPS) is 15.5. The van der Waals surface area contributed by atoms with Crippen molar-refractivity contribution in [2.45, 2.75) is 6.42 Å².